The first-order valence-corrected chi connectivity index (χ1v) is 7.68. The van der Waals surface area contributed by atoms with Crippen LogP contribution in [-0.2, 0) is 16.3 Å². The molecule has 1 fully saturated rings. The summed E-state index contributed by atoms with van der Waals surface area (Å²) in [6.07, 6.45) is 2.58. The van der Waals surface area contributed by atoms with E-state index in [0.29, 0.717) is 17.2 Å². The average molecular weight is 254 g/mol. The third kappa shape index (κ3) is 3.07. The molecule has 0 spiro atoms. The van der Waals surface area contributed by atoms with Gasteiger partial charge in [-0.25, -0.2) is 8.42 Å². The van der Waals surface area contributed by atoms with Gasteiger partial charge in [0.2, 0.25) is 0 Å². The molecule has 1 saturated carbocycles. The lowest BCUT2D eigenvalue weighted by molar-refractivity contribution is 0.151. The van der Waals surface area contributed by atoms with Crippen molar-refractivity contribution in [3.05, 3.63) is 29.8 Å². The minimum Gasteiger partial charge on any atom is -0.392 e. The predicted molar refractivity (Wildman–Crippen MR) is 66.6 cm³/mol. The van der Waals surface area contributed by atoms with Gasteiger partial charge in [0.15, 0.2) is 9.84 Å². The molecule has 0 heterocycles. The molecular formula is C13H18O3S. The molecule has 4 heteroatoms. The third-order valence-corrected chi connectivity index (χ3v) is 5.02. The topological polar surface area (TPSA) is 54.4 Å². The molecule has 2 rings (SSSR count). The lowest BCUT2D eigenvalue weighted by atomic mass is 10.1. The van der Waals surface area contributed by atoms with Crippen molar-refractivity contribution in [3.63, 3.8) is 0 Å². The van der Waals surface area contributed by atoms with E-state index in [1.807, 2.05) is 0 Å². The summed E-state index contributed by atoms with van der Waals surface area (Å²) in [5.74, 6) is 0.575. The second-order valence-electron chi connectivity index (χ2n) is 4.66. The fourth-order valence-electron chi connectivity index (χ4n) is 1.89. The molecule has 1 aromatic rings. The molecule has 1 aromatic carbocycles. The molecule has 1 atom stereocenters. The Hall–Kier alpha value is -0.870. The smallest absolute Gasteiger partial charge is 0.178 e. The van der Waals surface area contributed by atoms with Gasteiger partial charge in [0.05, 0.1) is 16.8 Å². The van der Waals surface area contributed by atoms with Gasteiger partial charge in [0, 0.05) is 0 Å². The largest absolute Gasteiger partial charge is 0.392 e. The minimum atomic E-state index is -3.11. The Morgan fingerprint density at radius 1 is 1.29 bits per heavy atom. The summed E-state index contributed by atoms with van der Waals surface area (Å²) in [6.45, 7) is 1.64. The van der Waals surface area contributed by atoms with Crippen LogP contribution in [0.5, 0.6) is 0 Å². The molecule has 1 N–H and O–H groups in total. The van der Waals surface area contributed by atoms with E-state index in [-0.39, 0.29) is 11.9 Å². The Kier molecular flexibility index (Phi) is 3.54. The molecule has 1 aliphatic carbocycles. The zero-order chi connectivity index (χ0) is 12.5. The van der Waals surface area contributed by atoms with Gasteiger partial charge in [0.1, 0.15) is 0 Å². The molecule has 0 radical (unpaired) electrons. The summed E-state index contributed by atoms with van der Waals surface area (Å²) in [6, 6.07) is 6.86. The van der Waals surface area contributed by atoms with Gasteiger partial charge < -0.3 is 5.11 Å². The van der Waals surface area contributed by atoms with Crippen molar-refractivity contribution >= 4 is 9.84 Å². The predicted octanol–water partition coefficient (Wildman–Crippen LogP) is 1.79. The van der Waals surface area contributed by atoms with E-state index >= 15 is 0 Å². The summed E-state index contributed by atoms with van der Waals surface area (Å²) >= 11 is 0. The Balaban J connectivity index is 2.07. The Morgan fingerprint density at radius 2 is 1.88 bits per heavy atom. The Bertz CT molecular complexity index is 472. The first-order chi connectivity index (χ1) is 8.03. The fraction of sp³-hybridized carbons (Fsp3) is 0.538. The molecule has 0 saturated heterocycles. The molecule has 17 heavy (non-hydrogen) atoms. The van der Waals surface area contributed by atoms with Crippen LogP contribution in [0.3, 0.4) is 0 Å². The molecule has 0 amide bonds. The summed E-state index contributed by atoms with van der Waals surface area (Å²) in [5.41, 5.74) is 0.999. The number of aliphatic hydroxyl groups excluding tert-OH is 1. The number of hydrogen-bond donors (Lipinski definition) is 1. The highest BCUT2D eigenvalue weighted by molar-refractivity contribution is 7.91. The van der Waals surface area contributed by atoms with Crippen LogP contribution in [0.25, 0.3) is 0 Å². The maximum atomic E-state index is 11.6. The van der Waals surface area contributed by atoms with Crippen LogP contribution in [0.1, 0.15) is 25.3 Å². The molecule has 94 valence electrons. The molecular weight excluding hydrogens is 236 g/mol. The molecule has 3 nitrogen and oxygen atoms in total. The van der Waals surface area contributed by atoms with Crippen LogP contribution in [0.2, 0.25) is 0 Å². The lowest BCUT2D eigenvalue weighted by Crippen LogP contribution is -2.12. The van der Waals surface area contributed by atoms with Gasteiger partial charge in [-0.05, 0) is 42.9 Å². The van der Waals surface area contributed by atoms with Crippen molar-refractivity contribution in [2.24, 2.45) is 5.92 Å². The van der Waals surface area contributed by atoms with E-state index in [2.05, 4.69) is 0 Å². The highest BCUT2D eigenvalue weighted by atomic mass is 32.2. The first kappa shape index (κ1) is 12.6. The second-order valence-corrected chi connectivity index (χ2v) is 6.93. The van der Waals surface area contributed by atoms with E-state index < -0.39 is 9.84 Å². The highest BCUT2D eigenvalue weighted by Gasteiger charge is 2.29. The molecule has 0 bridgehead atoms. The van der Waals surface area contributed by atoms with Crippen LogP contribution in [0.15, 0.2) is 29.2 Å². The number of aliphatic hydroxyl groups is 1. The van der Waals surface area contributed by atoms with E-state index in [1.54, 1.807) is 31.2 Å². The maximum absolute atomic E-state index is 11.6. The van der Waals surface area contributed by atoms with Gasteiger partial charge in [-0.3, -0.25) is 0 Å². The van der Waals surface area contributed by atoms with Crippen molar-refractivity contribution < 1.29 is 13.5 Å². The van der Waals surface area contributed by atoms with Gasteiger partial charge in [-0.15, -0.1) is 0 Å². The number of hydrogen-bond acceptors (Lipinski definition) is 3. The standard InChI is InChI=1S/C13H18O3S/c1-2-17(15,16)12-7-3-10(4-8-12)9-13(14)11-5-6-11/h3-4,7-8,11,13-14H,2,5-6,9H2,1H3. The van der Waals surface area contributed by atoms with Gasteiger partial charge in [-0.1, -0.05) is 19.1 Å². The third-order valence-electron chi connectivity index (χ3n) is 3.27. The van der Waals surface area contributed by atoms with Crippen LogP contribution in [0.4, 0.5) is 0 Å². The van der Waals surface area contributed by atoms with Gasteiger partial charge >= 0.3 is 0 Å². The van der Waals surface area contributed by atoms with Crippen LogP contribution >= 0.6 is 0 Å². The lowest BCUT2D eigenvalue weighted by Gasteiger charge is -2.09. The van der Waals surface area contributed by atoms with E-state index in [4.69, 9.17) is 0 Å². The fourth-order valence-corrected chi connectivity index (χ4v) is 2.77. The van der Waals surface area contributed by atoms with Crippen LogP contribution in [0, 0.1) is 5.92 Å². The van der Waals surface area contributed by atoms with E-state index in [1.165, 1.54) is 0 Å². The maximum Gasteiger partial charge on any atom is 0.178 e. The molecule has 1 aliphatic rings. The van der Waals surface area contributed by atoms with Gasteiger partial charge in [0.25, 0.3) is 0 Å². The van der Waals surface area contributed by atoms with E-state index in [9.17, 15) is 13.5 Å². The monoisotopic (exact) mass is 254 g/mol. The van der Waals surface area contributed by atoms with Crippen molar-refractivity contribution in [2.75, 3.05) is 5.75 Å². The first-order valence-electron chi connectivity index (χ1n) is 6.02. The SMILES string of the molecule is CCS(=O)(=O)c1ccc(CC(O)C2CC2)cc1. The normalized spacial score (nSPS) is 18.0. The van der Waals surface area contributed by atoms with Crippen LogP contribution < -0.4 is 0 Å². The molecule has 1 unspecified atom stereocenters. The van der Waals surface area contributed by atoms with Crippen molar-refractivity contribution in [2.45, 2.75) is 37.2 Å². The van der Waals surface area contributed by atoms with Gasteiger partial charge in [-0.2, -0.15) is 0 Å². The van der Waals surface area contributed by atoms with Crippen molar-refractivity contribution in [1.29, 1.82) is 0 Å². The zero-order valence-electron chi connectivity index (χ0n) is 9.96. The highest BCUT2D eigenvalue weighted by Crippen LogP contribution is 2.34. The van der Waals surface area contributed by atoms with Crippen LogP contribution in [-0.4, -0.2) is 25.4 Å². The second kappa shape index (κ2) is 4.78. The van der Waals surface area contributed by atoms with Crippen molar-refractivity contribution in [3.8, 4) is 0 Å². The van der Waals surface area contributed by atoms with E-state index in [0.717, 1.165) is 18.4 Å². The number of benzene rings is 1. The van der Waals surface area contributed by atoms with Crippen molar-refractivity contribution in [1.82, 2.24) is 0 Å². The number of rotatable bonds is 5. The Morgan fingerprint density at radius 3 is 2.35 bits per heavy atom. The number of sulfone groups is 1. The quantitative estimate of drug-likeness (QED) is 0.871. The molecule has 0 aromatic heterocycles. The zero-order valence-corrected chi connectivity index (χ0v) is 10.8. The average Bonchev–Trinajstić information content (AvgIpc) is 3.13. The summed E-state index contributed by atoms with van der Waals surface area (Å²) in [5, 5.41) is 9.80. The summed E-state index contributed by atoms with van der Waals surface area (Å²) in [7, 11) is -3.11. The summed E-state index contributed by atoms with van der Waals surface area (Å²) < 4.78 is 23.2. The minimum absolute atomic E-state index is 0.122. The molecule has 0 aliphatic heterocycles. The Labute approximate surface area is 102 Å². The summed E-state index contributed by atoms with van der Waals surface area (Å²) in [4.78, 5) is 0.365.